The minimum absolute atomic E-state index is 0.0355. The van der Waals surface area contributed by atoms with Crippen LogP contribution in [0.1, 0.15) is 15.9 Å². The van der Waals surface area contributed by atoms with Crippen LogP contribution >= 0.6 is 38.5 Å². The van der Waals surface area contributed by atoms with Crippen molar-refractivity contribution in [3.05, 3.63) is 61.6 Å². The van der Waals surface area contributed by atoms with Gasteiger partial charge in [-0.25, -0.2) is 0 Å². The highest BCUT2D eigenvalue weighted by Gasteiger charge is 2.15. The van der Waals surface area contributed by atoms with Gasteiger partial charge < -0.3 is 4.74 Å². The Morgan fingerprint density at radius 3 is 2.67 bits per heavy atom. The van der Waals surface area contributed by atoms with E-state index in [9.17, 15) is 4.79 Å². The Balaban J connectivity index is 2.48. The van der Waals surface area contributed by atoms with Gasteiger partial charge in [0.25, 0.3) is 0 Å². The lowest BCUT2D eigenvalue weighted by Gasteiger charge is -2.08. The molecule has 92 valence electrons. The second-order valence-electron chi connectivity index (χ2n) is 3.68. The molecule has 2 rings (SSSR count). The van der Waals surface area contributed by atoms with Crippen molar-refractivity contribution in [3.63, 3.8) is 0 Å². The fourth-order valence-electron chi connectivity index (χ4n) is 1.64. The fourth-order valence-corrected chi connectivity index (χ4v) is 2.55. The zero-order valence-corrected chi connectivity index (χ0v) is 13.4. The molecule has 0 heterocycles. The van der Waals surface area contributed by atoms with Crippen molar-refractivity contribution in [3.8, 4) is 5.75 Å². The molecular weight excluding hydrogens is 407 g/mol. The van der Waals surface area contributed by atoms with Crippen LogP contribution in [0.3, 0.4) is 0 Å². The molecule has 0 amide bonds. The van der Waals surface area contributed by atoms with Crippen molar-refractivity contribution >= 4 is 44.3 Å². The maximum atomic E-state index is 12.4. The summed E-state index contributed by atoms with van der Waals surface area (Å²) in [5, 5.41) is 0. The molecule has 0 spiro atoms. The predicted molar refractivity (Wildman–Crippen MR) is 83.3 cm³/mol. The lowest BCUT2D eigenvalue weighted by atomic mass is 10.0. The number of hydrogen-bond donors (Lipinski definition) is 0. The van der Waals surface area contributed by atoms with E-state index in [1.807, 2.05) is 30.3 Å². The molecular formula is C14H10BrIO2. The highest BCUT2D eigenvalue weighted by atomic mass is 127. The van der Waals surface area contributed by atoms with E-state index in [1.165, 1.54) is 0 Å². The molecule has 4 heteroatoms. The van der Waals surface area contributed by atoms with Crippen LogP contribution in [0.15, 0.2) is 46.9 Å². The van der Waals surface area contributed by atoms with Crippen LogP contribution in [0, 0.1) is 3.57 Å². The van der Waals surface area contributed by atoms with E-state index in [2.05, 4.69) is 38.5 Å². The van der Waals surface area contributed by atoms with E-state index in [4.69, 9.17) is 4.74 Å². The van der Waals surface area contributed by atoms with Crippen molar-refractivity contribution in [1.82, 2.24) is 0 Å². The average Bonchev–Trinajstić information content (AvgIpc) is 2.38. The molecule has 18 heavy (non-hydrogen) atoms. The van der Waals surface area contributed by atoms with Crippen LogP contribution in [-0.4, -0.2) is 12.9 Å². The average molecular weight is 417 g/mol. The summed E-state index contributed by atoms with van der Waals surface area (Å²) >= 11 is 5.56. The molecule has 2 nitrogen and oxygen atoms in total. The van der Waals surface area contributed by atoms with Gasteiger partial charge in [-0.2, -0.15) is 0 Å². The number of ether oxygens (including phenoxy) is 1. The van der Waals surface area contributed by atoms with Gasteiger partial charge in [-0.1, -0.05) is 28.1 Å². The molecule has 0 unspecified atom stereocenters. The number of ketones is 1. The van der Waals surface area contributed by atoms with E-state index in [0.29, 0.717) is 16.9 Å². The third kappa shape index (κ3) is 2.92. The van der Waals surface area contributed by atoms with Gasteiger partial charge in [0.1, 0.15) is 5.75 Å². The first-order chi connectivity index (χ1) is 8.61. The molecule has 0 fully saturated rings. The number of hydrogen-bond acceptors (Lipinski definition) is 2. The van der Waals surface area contributed by atoms with Crippen LogP contribution in [-0.2, 0) is 0 Å². The highest BCUT2D eigenvalue weighted by molar-refractivity contribution is 14.1. The first-order valence-corrected chi connectivity index (χ1v) is 7.13. The second-order valence-corrected chi connectivity index (χ2v) is 5.85. The molecule has 0 aliphatic rings. The smallest absolute Gasteiger partial charge is 0.196 e. The van der Waals surface area contributed by atoms with Crippen molar-refractivity contribution in [2.45, 2.75) is 0 Å². The van der Waals surface area contributed by atoms with Crippen molar-refractivity contribution in [2.24, 2.45) is 0 Å². The van der Waals surface area contributed by atoms with Gasteiger partial charge in [-0.05, 0) is 52.9 Å². The number of rotatable bonds is 3. The van der Waals surface area contributed by atoms with Gasteiger partial charge in [-0.15, -0.1) is 0 Å². The third-order valence-electron chi connectivity index (χ3n) is 2.49. The Morgan fingerprint density at radius 1 is 1.22 bits per heavy atom. The number of carbonyl (C=O) groups is 1. The summed E-state index contributed by atoms with van der Waals surface area (Å²) < 4.78 is 7.12. The maximum Gasteiger partial charge on any atom is 0.196 e. The fraction of sp³-hybridized carbons (Fsp3) is 0.0714. The SMILES string of the molecule is COc1ccc(Br)cc1C(=O)c1cccc(I)c1. The molecule has 0 saturated heterocycles. The summed E-state index contributed by atoms with van der Waals surface area (Å²) in [5.41, 5.74) is 1.23. The van der Waals surface area contributed by atoms with Crippen LogP contribution in [0.25, 0.3) is 0 Å². The summed E-state index contributed by atoms with van der Waals surface area (Å²) in [6, 6.07) is 12.9. The Morgan fingerprint density at radius 2 is 2.00 bits per heavy atom. The number of carbonyl (C=O) groups excluding carboxylic acids is 1. The summed E-state index contributed by atoms with van der Waals surface area (Å²) in [7, 11) is 1.56. The van der Waals surface area contributed by atoms with E-state index in [0.717, 1.165) is 8.04 Å². The molecule has 2 aromatic carbocycles. The molecule has 0 aliphatic heterocycles. The topological polar surface area (TPSA) is 26.3 Å². The Hall–Kier alpha value is -0.880. The maximum absolute atomic E-state index is 12.4. The Bertz CT molecular complexity index is 596. The van der Waals surface area contributed by atoms with Gasteiger partial charge in [0.05, 0.1) is 12.7 Å². The minimum atomic E-state index is -0.0355. The standard InChI is InChI=1S/C14H10BrIO2/c1-18-13-6-5-10(15)8-12(13)14(17)9-3-2-4-11(16)7-9/h2-8H,1H3. The first kappa shape index (κ1) is 13.5. The normalized spacial score (nSPS) is 10.2. The predicted octanol–water partition coefficient (Wildman–Crippen LogP) is 4.29. The monoisotopic (exact) mass is 416 g/mol. The lowest BCUT2D eigenvalue weighted by molar-refractivity contribution is 0.103. The van der Waals surface area contributed by atoms with Crippen LogP contribution in [0.2, 0.25) is 0 Å². The van der Waals surface area contributed by atoms with Crippen LogP contribution in [0.4, 0.5) is 0 Å². The number of benzene rings is 2. The number of methoxy groups -OCH3 is 1. The summed E-state index contributed by atoms with van der Waals surface area (Å²) in [4.78, 5) is 12.4. The first-order valence-electron chi connectivity index (χ1n) is 5.25. The third-order valence-corrected chi connectivity index (χ3v) is 3.66. The molecule has 2 aromatic rings. The Labute approximate surface area is 128 Å². The number of halogens is 2. The van der Waals surface area contributed by atoms with E-state index >= 15 is 0 Å². The Kier molecular flexibility index (Phi) is 4.40. The minimum Gasteiger partial charge on any atom is -0.496 e. The second kappa shape index (κ2) is 5.84. The largest absolute Gasteiger partial charge is 0.496 e. The van der Waals surface area contributed by atoms with Gasteiger partial charge in [-0.3, -0.25) is 4.79 Å². The van der Waals surface area contributed by atoms with E-state index < -0.39 is 0 Å². The van der Waals surface area contributed by atoms with Crippen LogP contribution < -0.4 is 4.74 Å². The molecule has 0 saturated carbocycles. The molecule has 0 radical (unpaired) electrons. The molecule has 0 atom stereocenters. The zero-order valence-electron chi connectivity index (χ0n) is 9.61. The summed E-state index contributed by atoms with van der Waals surface area (Å²) in [6.07, 6.45) is 0. The quantitative estimate of drug-likeness (QED) is 0.551. The van der Waals surface area contributed by atoms with Gasteiger partial charge in [0.2, 0.25) is 0 Å². The van der Waals surface area contributed by atoms with Gasteiger partial charge >= 0.3 is 0 Å². The van der Waals surface area contributed by atoms with E-state index in [-0.39, 0.29) is 5.78 Å². The summed E-state index contributed by atoms with van der Waals surface area (Å²) in [5.74, 6) is 0.550. The summed E-state index contributed by atoms with van der Waals surface area (Å²) in [6.45, 7) is 0. The van der Waals surface area contributed by atoms with Gasteiger partial charge in [0.15, 0.2) is 5.78 Å². The van der Waals surface area contributed by atoms with Crippen molar-refractivity contribution in [1.29, 1.82) is 0 Å². The van der Waals surface area contributed by atoms with Gasteiger partial charge in [0, 0.05) is 13.6 Å². The van der Waals surface area contributed by atoms with E-state index in [1.54, 1.807) is 19.2 Å². The molecule has 0 aliphatic carbocycles. The van der Waals surface area contributed by atoms with Crippen molar-refractivity contribution in [2.75, 3.05) is 7.11 Å². The highest BCUT2D eigenvalue weighted by Crippen LogP contribution is 2.25. The van der Waals surface area contributed by atoms with Crippen molar-refractivity contribution < 1.29 is 9.53 Å². The lowest BCUT2D eigenvalue weighted by Crippen LogP contribution is -2.04. The molecule has 0 bridgehead atoms. The molecule has 0 N–H and O–H groups in total. The molecule has 0 aromatic heterocycles. The van der Waals surface area contributed by atoms with Crippen LogP contribution in [0.5, 0.6) is 5.75 Å². The zero-order chi connectivity index (χ0) is 13.1.